The van der Waals surface area contributed by atoms with Crippen molar-refractivity contribution in [3.63, 3.8) is 0 Å². The van der Waals surface area contributed by atoms with Gasteiger partial charge in [0.15, 0.2) is 0 Å². The fourth-order valence-corrected chi connectivity index (χ4v) is 2.44. The molecule has 122 valence electrons. The van der Waals surface area contributed by atoms with Crippen LogP contribution in [0.25, 0.3) is 0 Å². The van der Waals surface area contributed by atoms with Crippen molar-refractivity contribution in [1.82, 2.24) is 5.32 Å². The number of rotatable bonds is 6. The Balaban J connectivity index is 2.18. The van der Waals surface area contributed by atoms with Gasteiger partial charge in [-0.2, -0.15) is 0 Å². The van der Waals surface area contributed by atoms with Crippen LogP contribution < -0.4 is 10.1 Å². The highest BCUT2D eigenvalue weighted by Crippen LogP contribution is 2.22. The number of benzene rings is 2. The molecule has 0 aliphatic rings. The standard InChI is InChI=1S/C19H22FNO2/c1-4-14-8-9-18(13(2)10-14)23-12-16-15(11-19(22)21-3)6-5-7-17(16)20/h5-10H,4,11-12H2,1-3H3,(H,21,22). The minimum Gasteiger partial charge on any atom is -0.489 e. The van der Waals surface area contributed by atoms with Crippen LogP contribution >= 0.6 is 0 Å². The summed E-state index contributed by atoms with van der Waals surface area (Å²) < 4.78 is 19.9. The van der Waals surface area contributed by atoms with E-state index in [2.05, 4.69) is 18.3 Å². The Kier molecular flexibility index (Phi) is 5.74. The molecule has 3 nitrogen and oxygen atoms in total. The maximum Gasteiger partial charge on any atom is 0.224 e. The molecule has 0 atom stereocenters. The van der Waals surface area contributed by atoms with Gasteiger partial charge < -0.3 is 10.1 Å². The first-order valence-electron chi connectivity index (χ1n) is 7.74. The molecule has 2 aromatic rings. The molecule has 1 amide bonds. The number of hydrogen-bond donors (Lipinski definition) is 1. The molecule has 0 unspecified atom stereocenters. The molecule has 0 heterocycles. The van der Waals surface area contributed by atoms with Crippen molar-refractivity contribution < 1.29 is 13.9 Å². The number of aryl methyl sites for hydroxylation is 2. The van der Waals surface area contributed by atoms with E-state index < -0.39 is 0 Å². The molecule has 0 bridgehead atoms. The number of likely N-dealkylation sites (N-methyl/N-ethyl adjacent to an activating group) is 1. The van der Waals surface area contributed by atoms with Gasteiger partial charge in [-0.05, 0) is 42.2 Å². The summed E-state index contributed by atoms with van der Waals surface area (Å²) in [6.45, 7) is 4.17. The molecule has 0 fully saturated rings. The van der Waals surface area contributed by atoms with Crippen LogP contribution in [0.4, 0.5) is 4.39 Å². The van der Waals surface area contributed by atoms with Gasteiger partial charge in [-0.1, -0.05) is 31.2 Å². The zero-order valence-corrected chi connectivity index (χ0v) is 13.8. The third-order valence-electron chi connectivity index (χ3n) is 3.87. The quantitative estimate of drug-likeness (QED) is 0.885. The van der Waals surface area contributed by atoms with E-state index in [1.54, 1.807) is 19.2 Å². The molecule has 4 heteroatoms. The Morgan fingerprint density at radius 1 is 1.26 bits per heavy atom. The summed E-state index contributed by atoms with van der Waals surface area (Å²) in [5, 5.41) is 2.55. The van der Waals surface area contributed by atoms with Crippen molar-refractivity contribution in [3.05, 3.63) is 64.5 Å². The first-order valence-corrected chi connectivity index (χ1v) is 7.74. The molecule has 2 rings (SSSR count). The van der Waals surface area contributed by atoms with Crippen molar-refractivity contribution in [2.75, 3.05) is 7.05 Å². The number of halogens is 1. The van der Waals surface area contributed by atoms with Crippen LogP contribution in [0.15, 0.2) is 36.4 Å². The van der Waals surface area contributed by atoms with Crippen LogP contribution in [0.3, 0.4) is 0 Å². The van der Waals surface area contributed by atoms with Crippen molar-refractivity contribution >= 4 is 5.91 Å². The molecule has 0 aromatic heterocycles. The molecule has 0 spiro atoms. The van der Waals surface area contributed by atoms with E-state index in [-0.39, 0.29) is 24.8 Å². The van der Waals surface area contributed by atoms with Gasteiger partial charge in [-0.25, -0.2) is 4.39 Å². The molecule has 0 radical (unpaired) electrons. The molecule has 2 aromatic carbocycles. The van der Waals surface area contributed by atoms with Crippen LogP contribution in [0.5, 0.6) is 5.75 Å². The maximum absolute atomic E-state index is 14.1. The van der Waals surface area contributed by atoms with E-state index >= 15 is 0 Å². The highest BCUT2D eigenvalue weighted by molar-refractivity contribution is 5.78. The predicted octanol–water partition coefficient (Wildman–Crippen LogP) is 3.56. The first-order chi connectivity index (χ1) is 11.0. The summed E-state index contributed by atoms with van der Waals surface area (Å²) in [6.07, 6.45) is 1.10. The Morgan fingerprint density at radius 2 is 2.04 bits per heavy atom. The van der Waals surface area contributed by atoms with Crippen LogP contribution in [0, 0.1) is 12.7 Å². The van der Waals surface area contributed by atoms with Gasteiger partial charge in [0.2, 0.25) is 5.91 Å². The monoisotopic (exact) mass is 315 g/mol. The van der Waals surface area contributed by atoms with Gasteiger partial charge in [0.05, 0.1) is 6.42 Å². The molecular weight excluding hydrogens is 293 g/mol. The third-order valence-corrected chi connectivity index (χ3v) is 3.87. The topological polar surface area (TPSA) is 38.3 Å². The Labute approximate surface area is 136 Å². The summed E-state index contributed by atoms with van der Waals surface area (Å²) in [6, 6.07) is 10.7. The minimum atomic E-state index is -0.353. The fourth-order valence-electron chi connectivity index (χ4n) is 2.44. The maximum atomic E-state index is 14.1. The summed E-state index contributed by atoms with van der Waals surface area (Å²) >= 11 is 0. The van der Waals surface area contributed by atoms with Crippen molar-refractivity contribution in [2.45, 2.75) is 33.3 Å². The van der Waals surface area contributed by atoms with E-state index in [0.717, 1.165) is 17.7 Å². The second-order valence-electron chi connectivity index (χ2n) is 5.47. The number of carbonyl (C=O) groups excluding carboxylic acids is 1. The predicted molar refractivity (Wildman–Crippen MR) is 89.1 cm³/mol. The number of carbonyl (C=O) groups is 1. The molecule has 23 heavy (non-hydrogen) atoms. The second-order valence-corrected chi connectivity index (χ2v) is 5.47. The molecule has 0 saturated carbocycles. The molecule has 0 aliphatic heterocycles. The Bertz CT molecular complexity index is 698. The Hall–Kier alpha value is -2.36. The molecule has 0 saturated heterocycles. The summed E-state index contributed by atoms with van der Waals surface area (Å²) in [5.74, 6) is 0.228. The summed E-state index contributed by atoms with van der Waals surface area (Å²) in [5.41, 5.74) is 3.33. The van der Waals surface area contributed by atoms with Crippen LogP contribution in [0.1, 0.15) is 29.2 Å². The van der Waals surface area contributed by atoms with Gasteiger partial charge in [0, 0.05) is 12.6 Å². The van der Waals surface area contributed by atoms with Crippen molar-refractivity contribution in [2.24, 2.45) is 0 Å². The lowest BCUT2D eigenvalue weighted by molar-refractivity contribution is -0.119. The van der Waals surface area contributed by atoms with E-state index in [9.17, 15) is 9.18 Å². The highest BCUT2D eigenvalue weighted by atomic mass is 19.1. The van der Waals surface area contributed by atoms with Gasteiger partial charge >= 0.3 is 0 Å². The van der Waals surface area contributed by atoms with Crippen LogP contribution in [-0.2, 0) is 24.2 Å². The number of hydrogen-bond acceptors (Lipinski definition) is 2. The highest BCUT2D eigenvalue weighted by Gasteiger charge is 2.12. The van der Waals surface area contributed by atoms with E-state index in [1.807, 2.05) is 19.1 Å². The van der Waals surface area contributed by atoms with Gasteiger partial charge in [-0.15, -0.1) is 0 Å². The lowest BCUT2D eigenvalue weighted by atomic mass is 10.0. The average Bonchev–Trinajstić information content (AvgIpc) is 2.55. The summed E-state index contributed by atoms with van der Waals surface area (Å²) in [7, 11) is 1.57. The molecule has 1 N–H and O–H groups in total. The van der Waals surface area contributed by atoms with Crippen molar-refractivity contribution in [3.8, 4) is 5.75 Å². The molecular formula is C19H22FNO2. The normalized spacial score (nSPS) is 10.4. The van der Waals surface area contributed by atoms with Gasteiger partial charge in [0.1, 0.15) is 18.2 Å². The molecule has 0 aliphatic carbocycles. The van der Waals surface area contributed by atoms with Crippen molar-refractivity contribution in [1.29, 1.82) is 0 Å². The van der Waals surface area contributed by atoms with E-state index in [4.69, 9.17) is 4.74 Å². The van der Waals surface area contributed by atoms with E-state index in [0.29, 0.717) is 11.1 Å². The SMILES string of the molecule is CCc1ccc(OCc2c(F)cccc2CC(=O)NC)c(C)c1. The Morgan fingerprint density at radius 3 is 2.70 bits per heavy atom. The van der Waals surface area contributed by atoms with Gasteiger partial charge in [-0.3, -0.25) is 4.79 Å². The average molecular weight is 315 g/mol. The van der Waals surface area contributed by atoms with Gasteiger partial charge in [0.25, 0.3) is 0 Å². The van der Waals surface area contributed by atoms with Crippen LogP contribution in [0.2, 0.25) is 0 Å². The lowest BCUT2D eigenvalue weighted by Crippen LogP contribution is -2.21. The fraction of sp³-hybridized carbons (Fsp3) is 0.316. The number of amides is 1. The minimum absolute atomic E-state index is 0.102. The zero-order chi connectivity index (χ0) is 16.8. The number of nitrogens with one attached hydrogen (secondary N) is 1. The van der Waals surface area contributed by atoms with E-state index in [1.165, 1.54) is 11.6 Å². The second kappa shape index (κ2) is 7.77. The third kappa shape index (κ3) is 4.31. The zero-order valence-electron chi connectivity index (χ0n) is 13.8. The lowest BCUT2D eigenvalue weighted by Gasteiger charge is -2.14. The smallest absolute Gasteiger partial charge is 0.224 e. The largest absolute Gasteiger partial charge is 0.489 e. The first kappa shape index (κ1) is 17.0. The van der Waals surface area contributed by atoms with Crippen LogP contribution in [-0.4, -0.2) is 13.0 Å². The number of ether oxygens (including phenoxy) is 1. The summed E-state index contributed by atoms with van der Waals surface area (Å²) in [4.78, 5) is 11.6.